The summed E-state index contributed by atoms with van der Waals surface area (Å²) in [7, 11) is 0. The molecule has 0 aliphatic rings. The van der Waals surface area contributed by atoms with Gasteiger partial charge in [0.2, 0.25) is 5.91 Å². The van der Waals surface area contributed by atoms with Gasteiger partial charge in [-0.2, -0.15) is 0 Å². The van der Waals surface area contributed by atoms with Crippen LogP contribution in [0.2, 0.25) is 0 Å². The highest BCUT2D eigenvalue weighted by Gasteiger charge is 2.11. The number of rotatable bonds is 23. The van der Waals surface area contributed by atoms with Crippen molar-refractivity contribution in [1.29, 1.82) is 0 Å². The maximum Gasteiger partial charge on any atom is 0.222 e. The zero-order valence-corrected chi connectivity index (χ0v) is 19.9. The Labute approximate surface area is 181 Å². The zero-order valence-electron chi connectivity index (χ0n) is 19.9. The van der Waals surface area contributed by atoms with Crippen LogP contribution in [0.15, 0.2) is 0 Å². The van der Waals surface area contributed by atoms with Crippen LogP contribution in [0.4, 0.5) is 0 Å². The lowest BCUT2D eigenvalue weighted by Gasteiger charge is -2.12. The first-order valence-corrected chi connectivity index (χ1v) is 12.7. The molecule has 0 aliphatic heterocycles. The summed E-state index contributed by atoms with van der Waals surface area (Å²) in [6.07, 6.45) is 18.4. The van der Waals surface area contributed by atoms with Gasteiger partial charge in [0.1, 0.15) is 0 Å². The van der Waals surface area contributed by atoms with Crippen molar-refractivity contribution in [2.45, 2.75) is 117 Å². The summed E-state index contributed by atoms with van der Waals surface area (Å²) in [6, 6.07) is 0. The van der Waals surface area contributed by atoms with E-state index in [4.69, 9.17) is 9.47 Å². The fourth-order valence-electron chi connectivity index (χ4n) is 3.38. The summed E-state index contributed by atoms with van der Waals surface area (Å²) < 4.78 is 11.2. The van der Waals surface area contributed by atoms with Crippen molar-refractivity contribution in [2.24, 2.45) is 5.92 Å². The van der Waals surface area contributed by atoms with E-state index in [-0.39, 0.29) is 11.8 Å². The Morgan fingerprint density at radius 2 is 1.14 bits per heavy atom. The van der Waals surface area contributed by atoms with Gasteiger partial charge in [-0.3, -0.25) is 4.79 Å². The van der Waals surface area contributed by atoms with Crippen LogP contribution in [0, 0.1) is 5.92 Å². The van der Waals surface area contributed by atoms with Crippen LogP contribution in [-0.2, 0) is 14.3 Å². The third kappa shape index (κ3) is 21.9. The molecule has 1 atom stereocenters. The van der Waals surface area contributed by atoms with Crippen LogP contribution < -0.4 is 5.32 Å². The van der Waals surface area contributed by atoms with Crippen LogP contribution in [0.5, 0.6) is 0 Å². The summed E-state index contributed by atoms with van der Waals surface area (Å²) in [6.45, 7) is 10.4. The molecule has 0 bridgehead atoms. The Kier molecular flexibility index (Phi) is 23.2. The number of hydrogen-bond acceptors (Lipinski definition) is 3. The second kappa shape index (κ2) is 23.7. The lowest BCUT2D eigenvalue weighted by atomic mass is 10.0. The second-order valence-electron chi connectivity index (χ2n) is 8.45. The molecular formula is C25H51NO3. The topological polar surface area (TPSA) is 47.6 Å². The molecule has 0 fully saturated rings. The SMILES string of the molecule is CCCCCCCCCOCCOCCCCCNC(=O)C(C)CCCCCC. The van der Waals surface area contributed by atoms with E-state index in [1.807, 2.05) is 6.92 Å². The molecule has 1 amide bonds. The molecule has 0 heterocycles. The van der Waals surface area contributed by atoms with Crippen LogP contribution in [0.25, 0.3) is 0 Å². The number of unbranched alkanes of at least 4 members (excludes halogenated alkanes) is 11. The lowest BCUT2D eigenvalue weighted by Crippen LogP contribution is -2.30. The number of amides is 1. The summed E-state index contributed by atoms with van der Waals surface area (Å²) in [5.41, 5.74) is 0. The van der Waals surface area contributed by atoms with Crippen LogP contribution in [0.3, 0.4) is 0 Å². The molecule has 174 valence electrons. The van der Waals surface area contributed by atoms with Gasteiger partial charge in [0.25, 0.3) is 0 Å². The van der Waals surface area contributed by atoms with Gasteiger partial charge in [0, 0.05) is 25.7 Å². The molecule has 0 aromatic carbocycles. The zero-order chi connectivity index (χ0) is 21.4. The molecule has 1 N–H and O–H groups in total. The van der Waals surface area contributed by atoms with E-state index in [0.717, 1.165) is 45.4 Å². The van der Waals surface area contributed by atoms with Crippen molar-refractivity contribution < 1.29 is 14.3 Å². The van der Waals surface area contributed by atoms with Crippen molar-refractivity contribution in [3.8, 4) is 0 Å². The first-order chi connectivity index (χ1) is 14.2. The van der Waals surface area contributed by atoms with Gasteiger partial charge in [0.15, 0.2) is 0 Å². The van der Waals surface area contributed by atoms with E-state index >= 15 is 0 Å². The van der Waals surface area contributed by atoms with Crippen molar-refractivity contribution in [2.75, 3.05) is 33.0 Å². The second-order valence-corrected chi connectivity index (χ2v) is 8.45. The molecule has 0 saturated carbocycles. The molecule has 0 saturated heterocycles. The Morgan fingerprint density at radius 1 is 0.655 bits per heavy atom. The summed E-state index contributed by atoms with van der Waals surface area (Å²) >= 11 is 0. The lowest BCUT2D eigenvalue weighted by molar-refractivity contribution is -0.124. The minimum absolute atomic E-state index is 0.149. The molecule has 0 aromatic heterocycles. The van der Waals surface area contributed by atoms with Gasteiger partial charge < -0.3 is 14.8 Å². The standard InChI is InChI=1S/C25H51NO3/c1-4-6-8-10-11-12-16-20-28-22-23-29-21-17-13-15-19-26-25(27)24(3)18-14-9-7-5-2/h24H,4-23H2,1-3H3,(H,26,27). The van der Waals surface area contributed by atoms with E-state index < -0.39 is 0 Å². The van der Waals surface area contributed by atoms with E-state index in [0.29, 0.717) is 13.2 Å². The number of nitrogens with one attached hydrogen (secondary N) is 1. The maximum absolute atomic E-state index is 12.0. The highest BCUT2D eigenvalue weighted by molar-refractivity contribution is 5.78. The first-order valence-electron chi connectivity index (χ1n) is 12.7. The number of carbonyl (C=O) groups is 1. The van der Waals surface area contributed by atoms with E-state index in [9.17, 15) is 4.79 Å². The summed E-state index contributed by atoms with van der Waals surface area (Å²) in [4.78, 5) is 12.0. The average Bonchev–Trinajstić information content (AvgIpc) is 2.73. The normalized spacial score (nSPS) is 12.2. The molecule has 4 nitrogen and oxygen atoms in total. The van der Waals surface area contributed by atoms with E-state index in [1.54, 1.807) is 0 Å². The number of carbonyl (C=O) groups excluding carboxylic acids is 1. The predicted octanol–water partition coefficient (Wildman–Crippen LogP) is 6.66. The maximum atomic E-state index is 12.0. The fraction of sp³-hybridized carbons (Fsp3) is 0.960. The minimum Gasteiger partial charge on any atom is -0.379 e. The van der Waals surface area contributed by atoms with Crippen LogP contribution in [0.1, 0.15) is 117 Å². The highest BCUT2D eigenvalue weighted by atomic mass is 16.5. The van der Waals surface area contributed by atoms with Gasteiger partial charge in [-0.1, -0.05) is 85.0 Å². The Morgan fingerprint density at radius 3 is 1.72 bits per heavy atom. The molecule has 0 spiro atoms. The third-order valence-electron chi connectivity index (χ3n) is 5.47. The smallest absolute Gasteiger partial charge is 0.222 e. The van der Waals surface area contributed by atoms with Crippen molar-refractivity contribution in [3.05, 3.63) is 0 Å². The van der Waals surface area contributed by atoms with Gasteiger partial charge >= 0.3 is 0 Å². The number of ether oxygens (including phenoxy) is 2. The van der Waals surface area contributed by atoms with Crippen molar-refractivity contribution in [3.63, 3.8) is 0 Å². The Balaban J connectivity index is 3.20. The van der Waals surface area contributed by atoms with Gasteiger partial charge in [-0.05, 0) is 32.1 Å². The van der Waals surface area contributed by atoms with Gasteiger partial charge in [-0.25, -0.2) is 0 Å². The molecular weight excluding hydrogens is 362 g/mol. The van der Waals surface area contributed by atoms with Crippen LogP contribution >= 0.6 is 0 Å². The fourth-order valence-corrected chi connectivity index (χ4v) is 3.38. The number of hydrogen-bond donors (Lipinski definition) is 1. The molecule has 4 heteroatoms. The third-order valence-corrected chi connectivity index (χ3v) is 5.47. The molecule has 0 rings (SSSR count). The quantitative estimate of drug-likeness (QED) is 0.190. The molecule has 0 aromatic rings. The van der Waals surface area contributed by atoms with Crippen molar-refractivity contribution in [1.82, 2.24) is 5.32 Å². The van der Waals surface area contributed by atoms with Crippen molar-refractivity contribution >= 4 is 5.91 Å². The van der Waals surface area contributed by atoms with Gasteiger partial charge in [-0.15, -0.1) is 0 Å². The van der Waals surface area contributed by atoms with E-state index in [1.165, 1.54) is 70.6 Å². The monoisotopic (exact) mass is 413 g/mol. The summed E-state index contributed by atoms with van der Waals surface area (Å²) in [5.74, 6) is 0.368. The Hall–Kier alpha value is -0.610. The average molecular weight is 414 g/mol. The minimum atomic E-state index is 0.149. The predicted molar refractivity (Wildman–Crippen MR) is 124 cm³/mol. The first kappa shape index (κ1) is 28.4. The Bertz CT molecular complexity index is 336. The molecule has 1 unspecified atom stereocenters. The van der Waals surface area contributed by atoms with E-state index in [2.05, 4.69) is 19.2 Å². The molecule has 0 radical (unpaired) electrons. The molecule has 0 aliphatic carbocycles. The largest absolute Gasteiger partial charge is 0.379 e. The summed E-state index contributed by atoms with van der Waals surface area (Å²) in [5, 5.41) is 3.07. The molecule has 29 heavy (non-hydrogen) atoms. The van der Waals surface area contributed by atoms with Crippen LogP contribution in [-0.4, -0.2) is 38.9 Å². The highest BCUT2D eigenvalue weighted by Crippen LogP contribution is 2.10. The van der Waals surface area contributed by atoms with Gasteiger partial charge in [0.05, 0.1) is 13.2 Å².